The summed E-state index contributed by atoms with van der Waals surface area (Å²) in [6, 6.07) is 16.5. The molecule has 0 aromatic heterocycles. The Bertz CT molecular complexity index is 740. The van der Waals surface area contributed by atoms with Crippen LogP contribution in [0.4, 0.5) is 0 Å². The summed E-state index contributed by atoms with van der Waals surface area (Å²) >= 11 is 0. The number of rotatable bonds is 7. The summed E-state index contributed by atoms with van der Waals surface area (Å²) in [7, 11) is 1.57. The molecule has 1 aliphatic carbocycles. The number of amides is 1. The van der Waals surface area contributed by atoms with E-state index in [9.17, 15) is 9.59 Å². The first-order valence-electron chi connectivity index (χ1n) is 8.33. The number of carbonyl (C=O) groups is 2. The number of ether oxygens (including phenoxy) is 2. The number of benzene rings is 2. The molecule has 0 radical (unpaired) electrons. The standard InChI is InChI=1S/C20H21NO4/c1-24-17-9-5-6-14(12-17)13-18(22)25-19(15-7-3-2-4-8-15)20(23)21-16-10-11-16/h2-9,12,16,19H,10-11,13H2,1H3,(H,21,23)/t19-/m1/s1. The van der Waals surface area contributed by atoms with Gasteiger partial charge >= 0.3 is 5.97 Å². The van der Waals surface area contributed by atoms with Crippen LogP contribution in [0, 0.1) is 0 Å². The molecule has 1 saturated carbocycles. The van der Waals surface area contributed by atoms with Gasteiger partial charge in [0.25, 0.3) is 5.91 Å². The lowest BCUT2D eigenvalue weighted by molar-refractivity contribution is -0.156. The molecule has 25 heavy (non-hydrogen) atoms. The Hall–Kier alpha value is -2.82. The number of nitrogens with one attached hydrogen (secondary N) is 1. The fourth-order valence-electron chi connectivity index (χ4n) is 2.53. The van der Waals surface area contributed by atoms with Gasteiger partial charge in [-0.15, -0.1) is 0 Å². The summed E-state index contributed by atoms with van der Waals surface area (Å²) in [5.41, 5.74) is 1.44. The van der Waals surface area contributed by atoms with E-state index in [4.69, 9.17) is 9.47 Å². The molecule has 1 N–H and O–H groups in total. The number of hydrogen-bond donors (Lipinski definition) is 1. The molecule has 0 bridgehead atoms. The molecule has 130 valence electrons. The third-order valence-electron chi connectivity index (χ3n) is 4.00. The molecule has 0 heterocycles. The fraction of sp³-hybridized carbons (Fsp3) is 0.300. The van der Waals surface area contributed by atoms with Gasteiger partial charge in [0.15, 0.2) is 0 Å². The second-order valence-electron chi connectivity index (χ2n) is 6.09. The number of hydrogen-bond acceptors (Lipinski definition) is 4. The average molecular weight is 339 g/mol. The zero-order chi connectivity index (χ0) is 17.6. The summed E-state index contributed by atoms with van der Waals surface area (Å²) in [4.78, 5) is 24.8. The Morgan fingerprint density at radius 2 is 1.88 bits per heavy atom. The molecule has 0 aliphatic heterocycles. The van der Waals surface area contributed by atoms with E-state index in [1.165, 1.54) is 0 Å². The lowest BCUT2D eigenvalue weighted by atomic mass is 10.1. The summed E-state index contributed by atoms with van der Waals surface area (Å²) in [5, 5.41) is 2.90. The maximum atomic E-state index is 12.5. The highest BCUT2D eigenvalue weighted by Crippen LogP contribution is 2.24. The summed E-state index contributed by atoms with van der Waals surface area (Å²) in [6.07, 6.45) is 1.10. The van der Waals surface area contributed by atoms with Crippen LogP contribution >= 0.6 is 0 Å². The van der Waals surface area contributed by atoms with Gasteiger partial charge in [0.05, 0.1) is 13.5 Å². The van der Waals surface area contributed by atoms with Crippen LogP contribution in [0.1, 0.15) is 30.1 Å². The topological polar surface area (TPSA) is 64.6 Å². The quantitative estimate of drug-likeness (QED) is 0.788. The molecule has 1 fully saturated rings. The van der Waals surface area contributed by atoms with Crippen LogP contribution in [0.5, 0.6) is 5.75 Å². The van der Waals surface area contributed by atoms with Crippen molar-refractivity contribution in [2.45, 2.75) is 31.4 Å². The monoisotopic (exact) mass is 339 g/mol. The number of methoxy groups -OCH3 is 1. The molecule has 2 aromatic rings. The Morgan fingerprint density at radius 3 is 2.56 bits per heavy atom. The third-order valence-corrected chi connectivity index (χ3v) is 4.00. The minimum Gasteiger partial charge on any atom is -0.497 e. The molecule has 5 heteroatoms. The van der Waals surface area contributed by atoms with E-state index >= 15 is 0 Å². The van der Waals surface area contributed by atoms with Gasteiger partial charge in [-0.25, -0.2) is 0 Å². The Balaban J connectivity index is 1.70. The van der Waals surface area contributed by atoms with Gasteiger partial charge in [-0.2, -0.15) is 0 Å². The van der Waals surface area contributed by atoms with E-state index in [2.05, 4.69) is 5.32 Å². The van der Waals surface area contributed by atoms with Crippen LogP contribution in [0.2, 0.25) is 0 Å². The van der Waals surface area contributed by atoms with Gasteiger partial charge in [0, 0.05) is 11.6 Å². The van der Waals surface area contributed by atoms with E-state index in [1.54, 1.807) is 25.3 Å². The van der Waals surface area contributed by atoms with Crippen molar-refractivity contribution in [2.75, 3.05) is 7.11 Å². The molecule has 1 amide bonds. The molecule has 3 rings (SSSR count). The zero-order valence-corrected chi connectivity index (χ0v) is 14.1. The molecular weight excluding hydrogens is 318 g/mol. The van der Waals surface area contributed by atoms with Gasteiger partial charge in [0.1, 0.15) is 5.75 Å². The van der Waals surface area contributed by atoms with Gasteiger partial charge in [-0.3, -0.25) is 9.59 Å². The predicted octanol–water partition coefficient (Wildman–Crippen LogP) is 2.80. The number of carbonyl (C=O) groups excluding carboxylic acids is 2. The normalized spacial score (nSPS) is 14.4. The number of esters is 1. The van der Waals surface area contributed by atoms with Crippen LogP contribution in [0.3, 0.4) is 0 Å². The van der Waals surface area contributed by atoms with Gasteiger partial charge < -0.3 is 14.8 Å². The smallest absolute Gasteiger partial charge is 0.311 e. The molecule has 2 aromatic carbocycles. The minimum absolute atomic E-state index is 0.0806. The van der Waals surface area contributed by atoms with Crippen LogP contribution < -0.4 is 10.1 Å². The van der Waals surface area contributed by atoms with Crippen LogP contribution in [-0.4, -0.2) is 25.0 Å². The van der Waals surface area contributed by atoms with Crippen LogP contribution in [-0.2, 0) is 20.7 Å². The highest BCUT2D eigenvalue weighted by molar-refractivity contribution is 5.85. The largest absolute Gasteiger partial charge is 0.497 e. The highest BCUT2D eigenvalue weighted by Gasteiger charge is 2.30. The van der Waals surface area contributed by atoms with Crippen LogP contribution in [0.15, 0.2) is 54.6 Å². The first kappa shape index (κ1) is 17.0. The predicted molar refractivity (Wildman–Crippen MR) is 93.1 cm³/mol. The molecule has 5 nitrogen and oxygen atoms in total. The van der Waals surface area contributed by atoms with Gasteiger partial charge in [-0.05, 0) is 30.5 Å². The van der Waals surface area contributed by atoms with E-state index in [0.717, 1.165) is 18.4 Å². The van der Waals surface area contributed by atoms with E-state index < -0.39 is 12.1 Å². The maximum Gasteiger partial charge on any atom is 0.311 e. The van der Waals surface area contributed by atoms with Crippen molar-refractivity contribution < 1.29 is 19.1 Å². The fourth-order valence-corrected chi connectivity index (χ4v) is 2.53. The summed E-state index contributed by atoms with van der Waals surface area (Å²) in [6.45, 7) is 0. The minimum atomic E-state index is -0.931. The maximum absolute atomic E-state index is 12.5. The van der Waals surface area contributed by atoms with E-state index in [1.807, 2.05) is 36.4 Å². The Labute approximate surface area is 147 Å². The van der Waals surface area contributed by atoms with E-state index in [-0.39, 0.29) is 18.4 Å². The second kappa shape index (κ2) is 7.83. The van der Waals surface area contributed by atoms with Crippen molar-refractivity contribution in [1.29, 1.82) is 0 Å². The lowest BCUT2D eigenvalue weighted by Crippen LogP contribution is -2.33. The Morgan fingerprint density at radius 1 is 1.12 bits per heavy atom. The zero-order valence-electron chi connectivity index (χ0n) is 14.1. The first-order chi connectivity index (χ1) is 12.2. The molecule has 0 unspecified atom stereocenters. The third kappa shape index (κ3) is 4.83. The molecule has 0 spiro atoms. The van der Waals surface area contributed by atoms with Crippen molar-refractivity contribution in [2.24, 2.45) is 0 Å². The van der Waals surface area contributed by atoms with Crippen LogP contribution in [0.25, 0.3) is 0 Å². The van der Waals surface area contributed by atoms with Crippen molar-refractivity contribution in [3.8, 4) is 5.75 Å². The average Bonchev–Trinajstić information content (AvgIpc) is 3.44. The van der Waals surface area contributed by atoms with Crippen molar-refractivity contribution >= 4 is 11.9 Å². The molecule has 0 saturated heterocycles. The summed E-state index contributed by atoms with van der Waals surface area (Å²) < 4.78 is 10.7. The highest BCUT2D eigenvalue weighted by atomic mass is 16.5. The van der Waals surface area contributed by atoms with Gasteiger partial charge in [-0.1, -0.05) is 42.5 Å². The van der Waals surface area contributed by atoms with Crippen molar-refractivity contribution in [1.82, 2.24) is 5.32 Å². The first-order valence-corrected chi connectivity index (χ1v) is 8.33. The molecular formula is C20H21NO4. The molecule has 1 aliphatic rings. The van der Waals surface area contributed by atoms with Crippen molar-refractivity contribution in [3.05, 3.63) is 65.7 Å². The van der Waals surface area contributed by atoms with Crippen molar-refractivity contribution in [3.63, 3.8) is 0 Å². The van der Waals surface area contributed by atoms with E-state index in [0.29, 0.717) is 11.3 Å². The second-order valence-corrected chi connectivity index (χ2v) is 6.09. The molecule has 1 atom stereocenters. The lowest BCUT2D eigenvalue weighted by Gasteiger charge is -2.18. The SMILES string of the molecule is COc1cccc(CC(=O)O[C@@H](C(=O)NC2CC2)c2ccccc2)c1. The van der Waals surface area contributed by atoms with Gasteiger partial charge in [0.2, 0.25) is 6.10 Å². The Kier molecular flexibility index (Phi) is 5.33. The summed E-state index contributed by atoms with van der Waals surface area (Å²) in [5.74, 6) is -0.0443.